The molecule has 1 rings (SSSR count). The molecule has 0 fully saturated rings. The van der Waals surface area contributed by atoms with E-state index in [0.29, 0.717) is 0 Å². The van der Waals surface area contributed by atoms with Crippen molar-refractivity contribution in [3.05, 3.63) is 18.0 Å². The fourth-order valence-corrected chi connectivity index (χ4v) is 1.75. The quantitative estimate of drug-likeness (QED) is 0.426. The number of methoxy groups -OCH3 is 1. The highest BCUT2D eigenvalue weighted by Gasteiger charge is 1.97. The van der Waals surface area contributed by atoms with Gasteiger partial charge in [-0.25, -0.2) is 9.97 Å². The van der Waals surface area contributed by atoms with Gasteiger partial charge in [0.2, 0.25) is 0 Å². The largest absolute Gasteiger partial charge is 0.383 e. The van der Waals surface area contributed by atoms with Crippen LogP contribution in [0.15, 0.2) is 17.6 Å². The maximum atomic E-state index is 4.95. The van der Waals surface area contributed by atoms with Crippen molar-refractivity contribution in [2.45, 2.75) is 25.0 Å². The van der Waals surface area contributed by atoms with Gasteiger partial charge in [0.05, 0.1) is 6.61 Å². The number of nitrogens with one attached hydrogen (secondary N) is 1. The zero-order chi connectivity index (χ0) is 11.6. The highest BCUT2D eigenvalue weighted by Crippen LogP contribution is 2.12. The van der Waals surface area contributed by atoms with Crippen LogP contribution in [0, 0.1) is 0 Å². The first-order valence-electron chi connectivity index (χ1n) is 5.50. The summed E-state index contributed by atoms with van der Waals surface area (Å²) >= 11 is 1.70. The van der Waals surface area contributed by atoms with Crippen LogP contribution in [0.1, 0.15) is 18.9 Å². The summed E-state index contributed by atoms with van der Waals surface area (Å²) < 4.78 is 4.95. The van der Waals surface area contributed by atoms with E-state index >= 15 is 0 Å². The normalized spacial score (nSPS) is 10.6. The number of hydrogen-bond donors (Lipinski definition) is 1. The number of nitrogens with zero attached hydrogens (tertiary/aromatic N) is 2. The third kappa shape index (κ3) is 5.44. The van der Waals surface area contributed by atoms with Gasteiger partial charge in [0.1, 0.15) is 0 Å². The Morgan fingerprint density at radius 3 is 2.75 bits per heavy atom. The van der Waals surface area contributed by atoms with Gasteiger partial charge in [0.25, 0.3) is 0 Å². The summed E-state index contributed by atoms with van der Waals surface area (Å²) in [6, 6.07) is 0. The Morgan fingerprint density at radius 2 is 2.12 bits per heavy atom. The first-order chi connectivity index (χ1) is 7.86. The van der Waals surface area contributed by atoms with Crippen LogP contribution in [-0.4, -0.2) is 36.0 Å². The van der Waals surface area contributed by atoms with E-state index in [1.165, 1.54) is 0 Å². The fourth-order valence-electron chi connectivity index (χ4n) is 1.11. The molecule has 0 spiro atoms. The molecule has 0 saturated carbocycles. The third-order valence-electron chi connectivity index (χ3n) is 1.93. The molecule has 1 aromatic rings. The average molecular weight is 241 g/mol. The Morgan fingerprint density at radius 1 is 1.38 bits per heavy atom. The van der Waals surface area contributed by atoms with Crippen LogP contribution < -0.4 is 5.32 Å². The first kappa shape index (κ1) is 13.4. The van der Waals surface area contributed by atoms with Gasteiger partial charge in [-0.05, 0) is 6.42 Å². The van der Waals surface area contributed by atoms with Gasteiger partial charge in [0, 0.05) is 43.9 Å². The minimum absolute atomic E-state index is 0.727. The molecule has 90 valence electrons. The number of rotatable bonds is 8. The predicted molar refractivity (Wildman–Crippen MR) is 66.6 cm³/mol. The first-order valence-corrected chi connectivity index (χ1v) is 6.48. The standard InChI is InChI=1S/C11H19N3OS/c1-3-6-16-11-13-8-10(9-14-11)7-12-4-5-15-2/h8-9,12H,3-7H2,1-2H3. The van der Waals surface area contributed by atoms with Gasteiger partial charge in [-0.3, -0.25) is 0 Å². The SMILES string of the molecule is CCCSc1ncc(CNCCOC)cn1. The van der Waals surface area contributed by atoms with E-state index in [2.05, 4.69) is 22.2 Å². The Hall–Kier alpha value is -0.650. The van der Waals surface area contributed by atoms with Crippen molar-refractivity contribution in [1.29, 1.82) is 0 Å². The lowest BCUT2D eigenvalue weighted by atomic mass is 10.3. The summed E-state index contributed by atoms with van der Waals surface area (Å²) in [5.41, 5.74) is 1.11. The molecule has 0 saturated heterocycles. The molecule has 0 amide bonds. The van der Waals surface area contributed by atoms with Gasteiger partial charge >= 0.3 is 0 Å². The monoisotopic (exact) mass is 241 g/mol. The zero-order valence-corrected chi connectivity index (χ0v) is 10.7. The maximum absolute atomic E-state index is 4.95. The predicted octanol–water partition coefficient (Wildman–Crippen LogP) is 1.71. The highest BCUT2D eigenvalue weighted by molar-refractivity contribution is 7.99. The van der Waals surface area contributed by atoms with Crippen molar-refractivity contribution >= 4 is 11.8 Å². The second kappa shape index (κ2) is 8.50. The smallest absolute Gasteiger partial charge is 0.187 e. The summed E-state index contributed by atoms with van der Waals surface area (Å²) in [6.45, 7) is 4.53. The van der Waals surface area contributed by atoms with Gasteiger partial charge in [-0.2, -0.15) is 0 Å². The molecule has 0 aromatic carbocycles. The number of thioether (sulfide) groups is 1. The molecule has 5 heteroatoms. The van der Waals surface area contributed by atoms with Crippen molar-refractivity contribution in [3.63, 3.8) is 0 Å². The summed E-state index contributed by atoms with van der Waals surface area (Å²) in [4.78, 5) is 8.59. The van der Waals surface area contributed by atoms with E-state index in [4.69, 9.17) is 4.74 Å². The molecule has 4 nitrogen and oxygen atoms in total. The second-order valence-electron chi connectivity index (χ2n) is 3.39. The van der Waals surface area contributed by atoms with Crippen LogP contribution in [0.25, 0.3) is 0 Å². The Balaban J connectivity index is 2.27. The average Bonchev–Trinajstić information content (AvgIpc) is 2.33. The van der Waals surface area contributed by atoms with E-state index in [0.717, 1.165) is 42.6 Å². The lowest BCUT2D eigenvalue weighted by Crippen LogP contribution is -2.18. The van der Waals surface area contributed by atoms with Gasteiger partial charge in [0.15, 0.2) is 5.16 Å². The van der Waals surface area contributed by atoms with Crippen LogP contribution in [0.2, 0.25) is 0 Å². The van der Waals surface area contributed by atoms with Crippen molar-refractivity contribution < 1.29 is 4.74 Å². The third-order valence-corrected chi connectivity index (χ3v) is 3.01. The van der Waals surface area contributed by atoms with Crippen LogP contribution in [-0.2, 0) is 11.3 Å². The summed E-state index contributed by atoms with van der Waals surface area (Å²) in [5, 5.41) is 4.12. The van der Waals surface area contributed by atoms with Crippen LogP contribution >= 0.6 is 11.8 Å². The molecule has 0 aliphatic heterocycles. The number of aromatic nitrogens is 2. The van der Waals surface area contributed by atoms with E-state index < -0.39 is 0 Å². The van der Waals surface area contributed by atoms with Gasteiger partial charge in [-0.15, -0.1) is 0 Å². The van der Waals surface area contributed by atoms with Gasteiger partial charge < -0.3 is 10.1 Å². The topological polar surface area (TPSA) is 47.0 Å². The lowest BCUT2D eigenvalue weighted by molar-refractivity contribution is 0.199. The number of hydrogen-bond acceptors (Lipinski definition) is 5. The molecule has 0 aliphatic rings. The summed E-state index contributed by atoms with van der Waals surface area (Å²) in [7, 11) is 1.70. The van der Waals surface area contributed by atoms with Crippen molar-refractivity contribution in [2.75, 3.05) is 26.0 Å². The van der Waals surface area contributed by atoms with Crippen molar-refractivity contribution in [2.24, 2.45) is 0 Å². The van der Waals surface area contributed by atoms with E-state index in [1.54, 1.807) is 18.9 Å². The number of ether oxygens (including phenoxy) is 1. The van der Waals surface area contributed by atoms with Crippen LogP contribution in [0.4, 0.5) is 0 Å². The molecule has 0 radical (unpaired) electrons. The van der Waals surface area contributed by atoms with Crippen molar-refractivity contribution in [3.8, 4) is 0 Å². The highest BCUT2D eigenvalue weighted by atomic mass is 32.2. The molecule has 0 aliphatic carbocycles. The minimum Gasteiger partial charge on any atom is -0.383 e. The van der Waals surface area contributed by atoms with Gasteiger partial charge in [-0.1, -0.05) is 18.7 Å². The summed E-state index contributed by atoms with van der Waals surface area (Å²) in [6.07, 6.45) is 4.91. The van der Waals surface area contributed by atoms with E-state index in [1.807, 2.05) is 12.4 Å². The van der Waals surface area contributed by atoms with Crippen LogP contribution in [0.3, 0.4) is 0 Å². The van der Waals surface area contributed by atoms with E-state index in [-0.39, 0.29) is 0 Å². The molecular weight excluding hydrogens is 222 g/mol. The Bertz CT molecular complexity index is 279. The molecule has 1 N–H and O–H groups in total. The maximum Gasteiger partial charge on any atom is 0.187 e. The molecular formula is C11H19N3OS. The second-order valence-corrected chi connectivity index (χ2v) is 4.45. The molecule has 0 unspecified atom stereocenters. The van der Waals surface area contributed by atoms with Crippen LogP contribution in [0.5, 0.6) is 0 Å². The molecule has 16 heavy (non-hydrogen) atoms. The molecule has 0 bridgehead atoms. The summed E-state index contributed by atoms with van der Waals surface area (Å²) in [5.74, 6) is 1.07. The Kier molecular flexibility index (Phi) is 7.12. The fraction of sp³-hybridized carbons (Fsp3) is 0.636. The van der Waals surface area contributed by atoms with Crippen molar-refractivity contribution in [1.82, 2.24) is 15.3 Å². The Labute approximate surface area is 101 Å². The zero-order valence-electron chi connectivity index (χ0n) is 9.90. The minimum atomic E-state index is 0.727. The molecule has 1 aromatic heterocycles. The molecule has 0 atom stereocenters. The molecule has 1 heterocycles. The van der Waals surface area contributed by atoms with E-state index in [9.17, 15) is 0 Å². The lowest BCUT2D eigenvalue weighted by Gasteiger charge is -2.04.